The summed E-state index contributed by atoms with van der Waals surface area (Å²) in [6.07, 6.45) is 17.4. The summed E-state index contributed by atoms with van der Waals surface area (Å²) in [5.74, 6) is 1.29. The number of unbranched alkanes of at least 4 members (excludes halogenated alkanes) is 13. The van der Waals surface area contributed by atoms with E-state index in [1.807, 2.05) is 18.2 Å². The standard InChI is InChI=1S/C32H51NO5S/c1-2-3-4-5-6-7-8-9-10-11-12-13-14-17-20-33-32(37)29-23-30(38-21-22-39-25-26(35)24-34)27-18-15-16-19-28(27)31(29)36/h15-16,18-19,23,26,34-36H,2-14,17,20-22,24-25H2,1H3,(H,33,37). The third kappa shape index (κ3) is 13.3. The molecule has 0 fully saturated rings. The van der Waals surface area contributed by atoms with E-state index in [4.69, 9.17) is 9.84 Å². The molecular weight excluding hydrogens is 510 g/mol. The molecule has 0 saturated heterocycles. The van der Waals surface area contributed by atoms with Crippen LogP contribution in [-0.2, 0) is 0 Å². The second-order valence-corrected chi connectivity index (χ2v) is 11.6. The summed E-state index contributed by atoms with van der Waals surface area (Å²) in [4.78, 5) is 12.9. The van der Waals surface area contributed by atoms with Crippen molar-refractivity contribution in [3.63, 3.8) is 0 Å². The molecule has 0 radical (unpaired) electrons. The van der Waals surface area contributed by atoms with Crippen molar-refractivity contribution in [2.24, 2.45) is 0 Å². The number of aromatic hydroxyl groups is 1. The fourth-order valence-electron chi connectivity index (χ4n) is 4.72. The Kier molecular flexibility index (Phi) is 17.8. The largest absolute Gasteiger partial charge is 0.506 e. The molecule has 39 heavy (non-hydrogen) atoms. The number of benzene rings is 2. The zero-order valence-electron chi connectivity index (χ0n) is 24.0. The Morgan fingerprint density at radius 2 is 1.46 bits per heavy atom. The van der Waals surface area contributed by atoms with Gasteiger partial charge in [0.2, 0.25) is 0 Å². The lowest BCUT2D eigenvalue weighted by Gasteiger charge is -2.14. The zero-order valence-corrected chi connectivity index (χ0v) is 24.8. The molecule has 4 N–H and O–H groups in total. The molecule has 6 nitrogen and oxygen atoms in total. The number of rotatable bonds is 23. The van der Waals surface area contributed by atoms with E-state index < -0.39 is 6.10 Å². The van der Waals surface area contributed by atoms with Crippen molar-refractivity contribution in [2.75, 3.05) is 31.3 Å². The molecule has 0 spiro atoms. The summed E-state index contributed by atoms with van der Waals surface area (Å²) in [7, 11) is 0. The molecule has 1 amide bonds. The number of aliphatic hydroxyl groups is 2. The van der Waals surface area contributed by atoms with Crippen LogP contribution in [0.15, 0.2) is 30.3 Å². The molecule has 1 atom stereocenters. The molecule has 0 aromatic heterocycles. The van der Waals surface area contributed by atoms with Gasteiger partial charge in [-0.2, -0.15) is 11.8 Å². The minimum Gasteiger partial charge on any atom is -0.506 e. The number of phenols is 1. The summed E-state index contributed by atoms with van der Waals surface area (Å²) in [5.41, 5.74) is 0.220. The second-order valence-electron chi connectivity index (χ2n) is 10.4. The SMILES string of the molecule is CCCCCCCCCCCCCCCCNC(=O)c1cc(OCCSCC(O)CO)c2ccccc2c1O. The highest BCUT2D eigenvalue weighted by atomic mass is 32.2. The van der Waals surface area contributed by atoms with Gasteiger partial charge in [0, 0.05) is 28.8 Å². The van der Waals surface area contributed by atoms with E-state index in [-0.39, 0.29) is 23.8 Å². The van der Waals surface area contributed by atoms with Crippen molar-refractivity contribution >= 4 is 28.4 Å². The summed E-state index contributed by atoms with van der Waals surface area (Å²) in [5, 5.41) is 33.5. The van der Waals surface area contributed by atoms with Crippen LogP contribution in [0.4, 0.5) is 0 Å². The number of carbonyl (C=O) groups is 1. The van der Waals surface area contributed by atoms with Crippen molar-refractivity contribution in [1.82, 2.24) is 5.32 Å². The molecule has 7 heteroatoms. The number of fused-ring (bicyclic) bond motifs is 1. The van der Waals surface area contributed by atoms with Crippen LogP contribution < -0.4 is 10.1 Å². The maximum Gasteiger partial charge on any atom is 0.255 e. The number of amides is 1. The van der Waals surface area contributed by atoms with Gasteiger partial charge in [-0.05, 0) is 12.5 Å². The number of hydrogen-bond acceptors (Lipinski definition) is 6. The summed E-state index contributed by atoms with van der Waals surface area (Å²) < 4.78 is 5.96. The van der Waals surface area contributed by atoms with Crippen LogP contribution in [0.25, 0.3) is 10.8 Å². The van der Waals surface area contributed by atoms with E-state index in [2.05, 4.69) is 12.2 Å². The van der Waals surface area contributed by atoms with E-state index in [0.717, 1.165) is 18.2 Å². The van der Waals surface area contributed by atoms with Crippen LogP contribution >= 0.6 is 11.8 Å². The van der Waals surface area contributed by atoms with Crippen LogP contribution in [0.5, 0.6) is 11.5 Å². The molecule has 0 aliphatic carbocycles. The molecule has 0 heterocycles. The molecule has 1 unspecified atom stereocenters. The van der Waals surface area contributed by atoms with Gasteiger partial charge in [0.15, 0.2) is 0 Å². The Morgan fingerprint density at radius 3 is 2.05 bits per heavy atom. The van der Waals surface area contributed by atoms with Gasteiger partial charge < -0.3 is 25.4 Å². The van der Waals surface area contributed by atoms with Crippen molar-refractivity contribution in [3.05, 3.63) is 35.9 Å². The number of aliphatic hydroxyl groups excluding tert-OH is 2. The summed E-state index contributed by atoms with van der Waals surface area (Å²) in [6.45, 7) is 2.98. The Labute approximate surface area is 239 Å². The molecule has 0 aliphatic rings. The summed E-state index contributed by atoms with van der Waals surface area (Å²) >= 11 is 1.49. The first-order valence-electron chi connectivity index (χ1n) is 15.1. The smallest absolute Gasteiger partial charge is 0.255 e. The summed E-state index contributed by atoms with van der Waals surface area (Å²) in [6, 6.07) is 8.97. The van der Waals surface area contributed by atoms with Gasteiger partial charge >= 0.3 is 0 Å². The van der Waals surface area contributed by atoms with Gasteiger partial charge in [-0.15, -0.1) is 0 Å². The van der Waals surface area contributed by atoms with Gasteiger partial charge in [0.1, 0.15) is 11.5 Å². The van der Waals surface area contributed by atoms with Gasteiger partial charge in [-0.3, -0.25) is 4.79 Å². The van der Waals surface area contributed by atoms with E-state index in [1.165, 1.54) is 88.8 Å². The molecular formula is C32H51NO5S. The molecule has 0 saturated carbocycles. The van der Waals surface area contributed by atoms with Gasteiger partial charge in [0.05, 0.1) is 24.9 Å². The van der Waals surface area contributed by atoms with Crippen LogP contribution in [-0.4, -0.2) is 58.6 Å². The molecule has 2 rings (SSSR count). The van der Waals surface area contributed by atoms with E-state index in [0.29, 0.717) is 35.8 Å². The lowest BCUT2D eigenvalue weighted by molar-refractivity contribution is 0.0950. The highest BCUT2D eigenvalue weighted by Gasteiger charge is 2.17. The molecule has 2 aromatic carbocycles. The maximum atomic E-state index is 12.9. The molecule has 0 bridgehead atoms. The monoisotopic (exact) mass is 561 g/mol. The molecule has 0 aliphatic heterocycles. The minimum absolute atomic E-state index is 0.0307. The lowest BCUT2D eigenvalue weighted by Crippen LogP contribution is -2.24. The van der Waals surface area contributed by atoms with Gasteiger partial charge in [-0.25, -0.2) is 0 Å². The first-order chi connectivity index (χ1) is 19.1. The van der Waals surface area contributed by atoms with Crippen molar-refractivity contribution < 1.29 is 24.9 Å². The first-order valence-corrected chi connectivity index (χ1v) is 16.3. The normalized spacial score (nSPS) is 12.1. The van der Waals surface area contributed by atoms with Crippen LogP contribution in [0.1, 0.15) is 107 Å². The number of nitrogens with one attached hydrogen (secondary N) is 1. The number of thioether (sulfide) groups is 1. The van der Waals surface area contributed by atoms with E-state index >= 15 is 0 Å². The number of phenolic OH excluding ortho intramolecular Hbond substituents is 1. The lowest BCUT2D eigenvalue weighted by atomic mass is 10.0. The third-order valence-electron chi connectivity index (χ3n) is 7.04. The highest BCUT2D eigenvalue weighted by Crippen LogP contribution is 2.36. The van der Waals surface area contributed by atoms with Gasteiger partial charge in [0.25, 0.3) is 5.91 Å². The Bertz CT molecular complexity index is 938. The van der Waals surface area contributed by atoms with Crippen molar-refractivity contribution in [2.45, 2.75) is 103 Å². The highest BCUT2D eigenvalue weighted by molar-refractivity contribution is 7.99. The predicted molar refractivity (Wildman–Crippen MR) is 164 cm³/mol. The van der Waals surface area contributed by atoms with E-state index in [1.54, 1.807) is 12.1 Å². The van der Waals surface area contributed by atoms with Crippen molar-refractivity contribution in [3.8, 4) is 11.5 Å². The van der Waals surface area contributed by atoms with Gasteiger partial charge in [-0.1, -0.05) is 115 Å². The average molecular weight is 562 g/mol. The first kappa shape index (κ1) is 33.2. The Hall–Kier alpha value is -1.96. The number of ether oxygens (including phenoxy) is 1. The van der Waals surface area contributed by atoms with Crippen molar-refractivity contribution in [1.29, 1.82) is 0 Å². The fourth-order valence-corrected chi connectivity index (χ4v) is 5.46. The average Bonchev–Trinajstić information content (AvgIpc) is 2.95. The topological polar surface area (TPSA) is 99.0 Å². The Balaban J connectivity index is 1.67. The second kappa shape index (κ2) is 20.9. The Morgan fingerprint density at radius 1 is 0.897 bits per heavy atom. The van der Waals surface area contributed by atoms with E-state index in [9.17, 15) is 15.0 Å². The quantitative estimate of drug-likeness (QED) is 0.107. The zero-order chi connectivity index (χ0) is 28.1. The fraction of sp³-hybridized carbons (Fsp3) is 0.656. The number of carbonyl (C=O) groups excluding carboxylic acids is 1. The molecule has 220 valence electrons. The predicted octanol–water partition coefficient (Wildman–Crippen LogP) is 7.22. The van der Waals surface area contributed by atoms with Crippen LogP contribution in [0.2, 0.25) is 0 Å². The van der Waals surface area contributed by atoms with Crippen LogP contribution in [0.3, 0.4) is 0 Å². The molecule has 2 aromatic rings. The number of hydrogen-bond donors (Lipinski definition) is 4. The third-order valence-corrected chi connectivity index (χ3v) is 8.12. The minimum atomic E-state index is -0.737. The van der Waals surface area contributed by atoms with Crippen LogP contribution in [0, 0.1) is 0 Å². The maximum absolute atomic E-state index is 12.9.